The van der Waals surface area contributed by atoms with Crippen molar-refractivity contribution < 1.29 is 0 Å². The molecule has 1 rings (SSSR count). The van der Waals surface area contributed by atoms with Gasteiger partial charge in [0.1, 0.15) is 0 Å². The summed E-state index contributed by atoms with van der Waals surface area (Å²) in [6, 6.07) is 8.08. The normalized spacial score (nSPS) is 12.6. The van der Waals surface area contributed by atoms with Crippen LogP contribution in [0.2, 0.25) is 0 Å². The van der Waals surface area contributed by atoms with E-state index < -0.39 is 0 Å². The van der Waals surface area contributed by atoms with Gasteiger partial charge in [-0.1, -0.05) is 49.1 Å². The average Bonchev–Trinajstić information content (AvgIpc) is 2.03. The molecule has 0 bridgehead atoms. The zero-order chi connectivity index (χ0) is 8.10. The van der Waals surface area contributed by atoms with Crippen LogP contribution in [0.4, 0.5) is 0 Å². The molecule has 1 aromatic rings. The Morgan fingerprint density at radius 3 is 2.64 bits per heavy atom. The van der Waals surface area contributed by atoms with Crippen molar-refractivity contribution in [2.24, 2.45) is 0 Å². The van der Waals surface area contributed by atoms with Crippen LogP contribution in [-0.2, 0) is 0 Å². The van der Waals surface area contributed by atoms with Gasteiger partial charge in [0.2, 0.25) is 0 Å². The molecule has 56 valence electrons. The Hall–Kier alpha value is -1.30. The summed E-state index contributed by atoms with van der Waals surface area (Å²) >= 11 is 0. The Morgan fingerprint density at radius 1 is 1.27 bits per heavy atom. The van der Waals surface area contributed by atoms with Crippen molar-refractivity contribution in [3.05, 3.63) is 46.9 Å². The van der Waals surface area contributed by atoms with E-state index in [1.165, 1.54) is 5.22 Å². The molecule has 0 unspecified atom stereocenters. The maximum Gasteiger partial charge on any atom is -0.0190 e. The van der Waals surface area contributed by atoms with E-state index in [4.69, 9.17) is 0 Å². The van der Waals surface area contributed by atoms with E-state index in [1.54, 1.807) is 0 Å². The lowest BCUT2D eigenvalue weighted by molar-refractivity contribution is 1.53. The van der Waals surface area contributed by atoms with E-state index in [1.807, 2.05) is 37.3 Å². The lowest BCUT2D eigenvalue weighted by Crippen LogP contribution is -2.21. The van der Waals surface area contributed by atoms with Crippen LogP contribution in [0.3, 0.4) is 0 Å². The van der Waals surface area contributed by atoms with E-state index in [0.29, 0.717) is 0 Å². The highest BCUT2D eigenvalue weighted by Gasteiger charge is 1.76. The van der Waals surface area contributed by atoms with Crippen molar-refractivity contribution in [1.29, 1.82) is 0 Å². The number of hydrogen-bond acceptors (Lipinski definition) is 0. The molecule has 0 radical (unpaired) electrons. The maximum absolute atomic E-state index is 3.91. The summed E-state index contributed by atoms with van der Waals surface area (Å²) in [5.74, 6) is 0. The highest BCUT2D eigenvalue weighted by molar-refractivity contribution is 5.37. The minimum Gasteiger partial charge on any atom is -0.0912 e. The maximum atomic E-state index is 3.91. The quantitative estimate of drug-likeness (QED) is 0.559. The standard InChI is InChI=1S/C11H12/c1-3-4-8-11-9-6-5-7-10(11)2/h3-9H,2H2,1H3/b4-3-,11-8-. The zero-order valence-corrected chi connectivity index (χ0v) is 6.75. The molecule has 0 nitrogen and oxygen atoms in total. The van der Waals surface area contributed by atoms with Gasteiger partial charge in [-0.3, -0.25) is 0 Å². The van der Waals surface area contributed by atoms with Crippen LogP contribution >= 0.6 is 0 Å². The highest BCUT2D eigenvalue weighted by Crippen LogP contribution is 1.73. The van der Waals surface area contributed by atoms with E-state index in [-0.39, 0.29) is 0 Å². The molecular formula is C11H12. The fraction of sp³-hybridized carbons (Fsp3) is 0.0909. The van der Waals surface area contributed by atoms with Crippen LogP contribution in [0, 0.1) is 0 Å². The molecule has 1 aromatic carbocycles. The van der Waals surface area contributed by atoms with Crippen molar-refractivity contribution in [3.8, 4) is 0 Å². The second kappa shape index (κ2) is 3.77. The molecule has 0 saturated carbocycles. The molecule has 0 N–H and O–H groups in total. The Balaban J connectivity index is 3.24. The number of rotatable bonds is 1. The molecule has 0 spiro atoms. The fourth-order valence-corrected chi connectivity index (χ4v) is 0.897. The summed E-state index contributed by atoms with van der Waals surface area (Å²) in [5, 5.41) is 2.26. The number of allylic oxidation sites excluding steroid dienone is 2. The average molecular weight is 144 g/mol. The number of hydrogen-bond donors (Lipinski definition) is 0. The van der Waals surface area contributed by atoms with Gasteiger partial charge in [-0.15, -0.1) is 0 Å². The minimum absolute atomic E-state index is 1.07. The van der Waals surface area contributed by atoms with Gasteiger partial charge in [0, 0.05) is 0 Å². The van der Waals surface area contributed by atoms with Gasteiger partial charge in [-0.2, -0.15) is 0 Å². The smallest absolute Gasteiger partial charge is 0.0190 e. The van der Waals surface area contributed by atoms with Crippen LogP contribution in [0.15, 0.2) is 36.4 Å². The third kappa shape index (κ3) is 2.08. The summed E-state index contributed by atoms with van der Waals surface area (Å²) < 4.78 is 0. The second-order valence-electron chi connectivity index (χ2n) is 2.39. The van der Waals surface area contributed by atoms with Crippen molar-refractivity contribution in [1.82, 2.24) is 0 Å². The molecule has 0 fully saturated rings. The van der Waals surface area contributed by atoms with Crippen molar-refractivity contribution in [2.75, 3.05) is 0 Å². The molecule has 0 atom stereocenters. The third-order valence-electron chi connectivity index (χ3n) is 1.52. The SMILES string of the molecule is C=c1cccc/c1=C/C=C\C. The van der Waals surface area contributed by atoms with Gasteiger partial charge in [0.05, 0.1) is 0 Å². The van der Waals surface area contributed by atoms with Crippen molar-refractivity contribution in [2.45, 2.75) is 6.92 Å². The lowest BCUT2D eigenvalue weighted by Gasteiger charge is -1.84. The summed E-state index contributed by atoms with van der Waals surface area (Å²) in [4.78, 5) is 0. The van der Waals surface area contributed by atoms with Crippen LogP contribution in [0.25, 0.3) is 12.7 Å². The summed E-state index contributed by atoms with van der Waals surface area (Å²) in [7, 11) is 0. The first-order chi connectivity index (χ1) is 5.34. The van der Waals surface area contributed by atoms with Crippen LogP contribution in [0.5, 0.6) is 0 Å². The summed E-state index contributed by atoms with van der Waals surface area (Å²) in [6.45, 7) is 5.91. The molecule has 11 heavy (non-hydrogen) atoms. The monoisotopic (exact) mass is 144 g/mol. The molecule has 0 amide bonds. The first kappa shape index (κ1) is 7.80. The van der Waals surface area contributed by atoms with Gasteiger partial charge in [0.15, 0.2) is 0 Å². The van der Waals surface area contributed by atoms with Crippen LogP contribution in [0.1, 0.15) is 6.92 Å². The van der Waals surface area contributed by atoms with Crippen LogP contribution < -0.4 is 10.4 Å². The largest absolute Gasteiger partial charge is 0.0912 e. The first-order valence-electron chi connectivity index (χ1n) is 3.71. The third-order valence-corrected chi connectivity index (χ3v) is 1.52. The molecule has 0 aliphatic heterocycles. The molecule has 0 heterocycles. The van der Waals surface area contributed by atoms with Gasteiger partial charge in [-0.25, -0.2) is 0 Å². The predicted molar refractivity (Wildman–Crippen MR) is 50.5 cm³/mol. The molecule has 0 aromatic heterocycles. The Kier molecular flexibility index (Phi) is 2.67. The minimum atomic E-state index is 1.07. The van der Waals surface area contributed by atoms with E-state index >= 15 is 0 Å². The molecule has 0 aliphatic carbocycles. The van der Waals surface area contributed by atoms with Gasteiger partial charge >= 0.3 is 0 Å². The second-order valence-corrected chi connectivity index (χ2v) is 2.39. The number of benzene rings is 1. The molecule has 0 saturated heterocycles. The van der Waals surface area contributed by atoms with Gasteiger partial charge in [-0.05, 0) is 17.4 Å². The van der Waals surface area contributed by atoms with Crippen LogP contribution in [-0.4, -0.2) is 0 Å². The fourth-order valence-electron chi connectivity index (χ4n) is 0.897. The molecular weight excluding hydrogens is 132 g/mol. The van der Waals surface area contributed by atoms with Crippen molar-refractivity contribution >= 4 is 12.7 Å². The Labute approximate surface area is 67.2 Å². The summed E-state index contributed by atoms with van der Waals surface area (Å²) in [5.41, 5.74) is 0. The Morgan fingerprint density at radius 2 is 2.00 bits per heavy atom. The molecule has 0 aliphatic rings. The van der Waals surface area contributed by atoms with Crippen molar-refractivity contribution in [3.63, 3.8) is 0 Å². The highest BCUT2D eigenvalue weighted by atomic mass is 13.8. The van der Waals surface area contributed by atoms with E-state index in [2.05, 4.69) is 18.7 Å². The lowest BCUT2D eigenvalue weighted by atomic mass is 10.2. The predicted octanol–water partition coefficient (Wildman–Crippen LogP) is 1.45. The Bertz CT molecular complexity index is 345. The topological polar surface area (TPSA) is 0 Å². The first-order valence-corrected chi connectivity index (χ1v) is 3.71. The van der Waals surface area contributed by atoms with Gasteiger partial charge in [0.25, 0.3) is 0 Å². The van der Waals surface area contributed by atoms with Gasteiger partial charge < -0.3 is 0 Å². The molecule has 0 heteroatoms. The zero-order valence-electron chi connectivity index (χ0n) is 6.75. The van der Waals surface area contributed by atoms with E-state index in [9.17, 15) is 0 Å². The summed E-state index contributed by atoms with van der Waals surface area (Å²) in [6.07, 6.45) is 6.08. The van der Waals surface area contributed by atoms with E-state index in [0.717, 1.165) is 5.22 Å².